The SMILES string of the molecule is C[N+]1(CCCc2cccc3c2C(=O)NC3=O)CCNCC1. The third kappa shape index (κ3) is 2.84. The van der Waals surface area contributed by atoms with Crippen molar-refractivity contribution in [1.82, 2.24) is 10.6 Å². The smallest absolute Gasteiger partial charge is 0.259 e. The minimum atomic E-state index is -0.266. The number of hydrogen-bond donors (Lipinski definition) is 2. The van der Waals surface area contributed by atoms with E-state index in [2.05, 4.69) is 17.7 Å². The van der Waals surface area contributed by atoms with Gasteiger partial charge < -0.3 is 9.80 Å². The highest BCUT2D eigenvalue weighted by Gasteiger charge is 2.29. The first-order valence-electron chi connectivity index (χ1n) is 7.61. The summed E-state index contributed by atoms with van der Waals surface area (Å²) in [5.41, 5.74) is 2.11. The Balaban J connectivity index is 1.67. The van der Waals surface area contributed by atoms with Crippen LogP contribution in [0.5, 0.6) is 0 Å². The van der Waals surface area contributed by atoms with Crippen molar-refractivity contribution in [2.75, 3.05) is 39.8 Å². The van der Waals surface area contributed by atoms with Crippen LogP contribution in [0.3, 0.4) is 0 Å². The molecule has 0 aliphatic carbocycles. The van der Waals surface area contributed by atoms with E-state index < -0.39 is 0 Å². The van der Waals surface area contributed by atoms with Crippen molar-refractivity contribution < 1.29 is 14.1 Å². The lowest BCUT2D eigenvalue weighted by Gasteiger charge is -2.38. The zero-order valence-corrected chi connectivity index (χ0v) is 12.4. The molecule has 2 amide bonds. The summed E-state index contributed by atoms with van der Waals surface area (Å²) in [5.74, 6) is -0.508. The zero-order chi connectivity index (χ0) is 14.9. The maximum atomic E-state index is 11.9. The van der Waals surface area contributed by atoms with Crippen molar-refractivity contribution in [3.63, 3.8) is 0 Å². The summed E-state index contributed by atoms with van der Waals surface area (Å²) in [7, 11) is 2.30. The van der Waals surface area contributed by atoms with Crippen molar-refractivity contribution in [1.29, 1.82) is 0 Å². The Bertz CT molecular complexity index is 577. The molecule has 1 saturated heterocycles. The van der Waals surface area contributed by atoms with Gasteiger partial charge in [-0.2, -0.15) is 0 Å². The van der Waals surface area contributed by atoms with E-state index in [0.29, 0.717) is 11.1 Å². The summed E-state index contributed by atoms with van der Waals surface area (Å²) in [5, 5.41) is 5.77. The summed E-state index contributed by atoms with van der Waals surface area (Å²) in [6, 6.07) is 5.56. The Morgan fingerprint density at radius 3 is 2.67 bits per heavy atom. The molecule has 5 heteroatoms. The van der Waals surface area contributed by atoms with Gasteiger partial charge in [-0.05, 0) is 18.1 Å². The second-order valence-electron chi connectivity index (χ2n) is 6.27. The predicted molar refractivity (Wildman–Crippen MR) is 80.2 cm³/mol. The second-order valence-corrected chi connectivity index (χ2v) is 6.27. The number of nitrogens with zero attached hydrogens (tertiary/aromatic N) is 1. The molecule has 2 N–H and O–H groups in total. The van der Waals surface area contributed by atoms with Gasteiger partial charge in [-0.3, -0.25) is 14.9 Å². The number of nitrogens with one attached hydrogen (secondary N) is 2. The third-order valence-electron chi connectivity index (χ3n) is 4.65. The largest absolute Gasteiger partial charge is 0.324 e. The molecule has 0 spiro atoms. The van der Waals surface area contributed by atoms with Crippen LogP contribution in [0.25, 0.3) is 0 Å². The molecule has 0 saturated carbocycles. The number of rotatable bonds is 4. The maximum Gasteiger partial charge on any atom is 0.259 e. The molecule has 2 aliphatic heterocycles. The van der Waals surface area contributed by atoms with Crippen molar-refractivity contribution in [2.24, 2.45) is 0 Å². The van der Waals surface area contributed by atoms with Crippen LogP contribution in [0.2, 0.25) is 0 Å². The molecule has 0 unspecified atom stereocenters. The number of carbonyl (C=O) groups is 2. The van der Waals surface area contributed by atoms with Gasteiger partial charge in [0.2, 0.25) is 0 Å². The molecule has 5 nitrogen and oxygen atoms in total. The number of aryl methyl sites for hydroxylation is 1. The Labute approximate surface area is 124 Å². The fraction of sp³-hybridized carbons (Fsp3) is 0.500. The van der Waals surface area contributed by atoms with Crippen LogP contribution >= 0.6 is 0 Å². The van der Waals surface area contributed by atoms with Gasteiger partial charge in [-0.1, -0.05) is 12.1 Å². The molecule has 0 radical (unpaired) electrons. The number of carbonyl (C=O) groups excluding carboxylic acids is 2. The highest BCUT2D eigenvalue weighted by Crippen LogP contribution is 2.21. The Morgan fingerprint density at radius 1 is 1.14 bits per heavy atom. The lowest BCUT2D eigenvalue weighted by atomic mass is 9.99. The highest BCUT2D eigenvalue weighted by atomic mass is 16.2. The standard InChI is InChI=1S/C16H21N3O2/c1-19(10-7-17-8-11-19)9-3-5-12-4-2-6-13-14(12)16(21)18-15(13)20/h2,4,6,17H,3,5,7-11H2,1H3/p+1. The summed E-state index contributed by atoms with van der Waals surface area (Å²) in [6.45, 7) is 5.58. The predicted octanol–water partition coefficient (Wildman–Crippen LogP) is 0.553. The first-order valence-corrected chi connectivity index (χ1v) is 7.61. The molecule has 1 aromatic carbocycles. The van der Waals surface area contributed by atoms with Crippen molar-refractivity contribution >= 4 is 11.8 Å². The van der Waals surface area contributed by atoms with Crippen LogP contribution in [0, 0.1) is 0 Å². The maximum absolute atomic E-state index is 11.9. The van der Waals surface area contributed by atoms with E-state index in [1.54, 1.807) is 6.07 Å². The van der Waals surface area contributed by atoms with Gasteiger partial charge in [0.15, 0.2) is 0 Å². The van der Waals surface area contributed by atoms with Crippen LogP contribution in [0.1, 0.15) is 32.7 Å². The van der Waals surface area contributed by atoms with Gasteiger partial charge in [0.1, 0.15) is 0 Å². The van der Waals surface area contributed by atoms with Crippen molar-refractivity contribution in [2.45, 2.75) is 12.8 Å². The topological polar surface area (TPSA) is 58.2 Å². The number of imide groups is 1. The summed E-state index contributed by atoms with van der Waals surface area (Å²) in [6.07, 6.45) is 1.89. The molecule has 2 heterocycles. The van der Waals surface area contributed by atoms with E-state index in [-0.39, 0.29) is 11.8 Å². The lowest BCUT2D eigenvalue weighted by molar-refractivity contribution is -0.911. The number of amides is 2. The van der Waals surface area contributed by atoms with Crippen LogP contribution in [-0.2, 0) is 6.42 Å². The van der Waals surface area contributed by atoms with E-state index >= 15 is 0 Å². The van der Waals surface area contributed by atoms with Crippen LogP contribution < -0.4 is 10.6 Å². The average Bonchev–Trinajstić information content (AvgIpc) is 2.76. The molecule has 0 aromatic heterocycles. The van der Waals surface area contributed by atoms with E-state index in [9.17, 15) is 9.59 Å². The van der Waals surface area contributed by atoms with Crippen molar-refractivity contribution in [3.8, 4) is 0 Å². The van der Waals surface area contributed by atoms with Gasteiger partial charge in [-0.15, -0.1) is 0 Å². The van der Waals surface area contributed by atoms with Crippen LogP contribution in [0.15, 0.2) is 18.2 Å². The lowest BCUT2D eigenvalue weighted by Crippen LogP contribution is -2.56. The number of hydrogen-bond acceptors (Lipinski definition) is 3. The van der Waals surface area contributed by atoms with Crippen molar-refractivity contribution in [3.05, 3.63) is 34.9 Å². The fourth-order valence-electron chi connectivity index (χ4n) is 3.31. The van der Waals surface area contributed by atoms with Crippen LogP contribution in [-0.4, -0.2) is 56.1 Å². The molecule has 1 aromatic rings. The number of piperazine rings is 1. The molecule has 1 fully saturated rings. The first-order chi connectivity index (χ1) is 10.1. The summed E-state index contributed by atoms with van der Waals surface area (Å²) >= 11 is 0. The Hall–Kier alpha value is -1.72. The van der Waals surface area contributed by atoms with E-state index in [1.807, 2.05) is 12.1 Å². The molecular formula is C16H22N3O2+. The summed E-state index contributed by atoms with van der Waals surface area (Å²) in [4.78, 5) is 23.5. The second kappa shape index (κ2) is 5.58. The number of likely N-dealkylation sites (N-methyl/N-ethyl adjacent to an activating group) is 1. The summed E-state index contributed by atoms with van der Waals surface area (Å²) < 4.78 is 1.09. The molecule has 2 aliphatic rings. The van der Waals surface area contributed by atoms with Gasteiger partial charge in [0, 0.05) is 19.5 Å². The molecule has 21 heavy (non-hydrogen) atoms. The highest BCUT2D eigenvalue weighted by molar-refractivity contribution is 6.22. The number of fused-ring (bicyclic) bond motifs is 1. The minimum absolute atomic E-state index is 0.242. The third-order valence-corrected chi connectivity index (χ3v) is 4.65. The van der Waals surface area contributed by atoms with Gasteiger partial charge in [-0.25, -0.2) is 0 Å². The van der Waals surface area contributed by atoms with Gasteiger partial charge in [0.25, 0.3) is 11.8 Å². The van der Waals surface area contributed by atoms with E-state index in [0.717, 1.165) is 55.6 Å². The van der Waals surface area contributed by atoms with Gasteiger partial charge in [0.05, 0.1) is 37.8 Å². The molecule has 0 bridgehead atoms. The fourth-order valence-corrected chi connectivity index (χ4v) is 3.31. The zero-order valence-electron chi connectivity index (χ0n) is 12.4. The Kier molecular flexibility index (Phi) is 3.78. The molecule has 3 rings (SSSR count). The minimum Gasteiger partial charge on any atom is -0.324 e. The quantitative estimate of drug-likeness (QED) is 0.628. The van der Waals surface area contributed by atoms with E-state index in [1.165, 1.54) is 0 Å². The Morgan fingerprint density at radius 2 is 1.90 bits per heavy atom. The van der Waals surface area contributed by atoms with E-state index in [4.69, 9.17) is 0 Å². The van der Waals surface area contributed by atoms with Gasteiger partial charge >= 0.3 is 0 Å². The molecule has 0 atom stereocenters. The average molecular weight is 288 g/mol. The number of benzene rings is 1. The monoisotopic (exact) mass is 288 g/mol. The normalized spacial score (nSPS) is 20.2. The number of quaternary nitrogens is 1. The first kappa shape index (κ1) is 14.2. The molecule has 112 valence electrons. The van der Waals surface area contributed by atoms with Crippen LogP contribution in [0.4, 0.5) is 0 Å². The molecular weight excluding hydrogens is 266 g/mol.